The highest BCUT2D eigenvalue weighted by molar-refractivity contribution is 8.26. The van der Waals surface area contributed by atoms with Crippen molar-refractivity contribution in [3.63, 3.8) is 0 Å². The van der Waals surface area contributed by atoms with E-state index in [1.165, 1.54) is 29.3 Å². The average molecular weight is 325 g/mol. The van der Waals surface area contributed by atoms with E-state index < -0.39 is 10.7 Å². The van der Waals surface area contributed by atoms with E-state index in [0.717, 1.165) is 11.8 Å². The van der Waals surface area contributed by atoms with Gasteiger partial charge in [-0.15, -0.1) is 0 Å². The van der Waals surface area contributed by atoms with Crippen LogP contribution in [0.2, 0.25) is 0 Å². The molecule has 1 aromatic rings. The molecule has 7 nitrogen and oxygen atoms in total. The molecule has 21 heavy (non-hydrogen) atoms. The number of rotatable bonds is 3. The topological polar surface area (TPSA) is 86.9 Å². The number of aromatic hydroxyl groups is 1. The van der Waals surface area contributed by atoms with Crippen molar-refractivity contribution in [3.8, 4) is 5.75 Å². The van der Waals surface area contributed by atoms with E-state index in [-0.39, 0.29) is 11.6 Å². The van der Waals surface area contributed by atoms with Gasteiger partial charge in [0.2, 0.25) is 0 Å². The first kappa shape index (κ1) is 15.4. The number of hydrogen-bond donors (Lipinski definition) is 1. The molecular formula is C12H11N3O4S2. The van der Waals surface area contributed by atoms with Crippen LogP contribution in [0.1, 0.15) is 5.56 Å². The van der Waals surface area contributed by atoms with Crippen molar-refractivity contribution in [2.75, 3.05) is 14.1 Å². The van der Waals surface area contributed by atoms with Gasteiger partial charge in [-0.3, -0.25) is 14.9 Å². The number of thioether (sulfide) groups is 1. The maximum absolute atomic E-state index is 12.2. The molecule has 9 heteroatoms. The highest BCUT2D eigenvalue weighted by atomic mass is 32.2. The van der Waals surface area contributed by atoms with Crippen LogP contribution in [0.4, 0.5) is 5.69 Å². The second kappa shape index (κ2) is 5.80. The highest BCUT2D eigenvalue weighted by Gasteiger charge is 2.33. The molecule has 0 radical (unpaired) electrons. The van der Waals surface area contributed by atoms with E-state index >= 15 is 0 Å². The Kier molecular flexibility index (Phi) is 4.26. The fourth-order valence-corrected chi connectivity index (χ4v) is 3.15. The lowest BCUT2D eigenvalue weighted by Gasteiger charge is -2.21. The third kappa shape index (κ3) is 3.04. The molecule has 0 unspecified atom stereocenters. The number of nitro groups is 1. The van der Waals surface area contributed by atoms with Gasteiger partial charge in [0.15, 0.2) is 10.1 Å². The average Bonchev–Trinajstić information content (AvgIpc) is 2.63. The third-order valence-electron chi connectivity index (χ3n) is 2.67. The first-order valence-corrected chi connectivity index (χ1v) is 6.96. The molecule has 1 aromatic carbocycles. The van der Waals surface area contributed by atoms with Gasteiger partial charge in [-0.25, -0.2) is 10.0 Å². The van der Waals surface area contributed by atoms with Crippen LogP contribution in [0.15, 0.2) is 23.1 Å². The van der Waals surface area contributed by atoms with Crippen LogP contribution >= 0.6 is 24.0 Å². The Labute approximate surface area is 130 Å². The number of nitrogens with zero attached hydrogens (tertiary/aromatic N) is 3. The van der Waals surface area contributed by atoms with E-state index in [1.807, 2.05) is 0 Å². The summed E-state index contributed by atoms with van der Waals surface area (Å²) in [6.45, 7) is 0. The summed E-state index contributed by atoms with van der Waals surface area (Å²) < 4.78 is 0.405. The van der Waals surface area contributed by atoms with Gasteiger partial charge in [0.05, 0.1) is 9.83 Å². The van der Waals surface area contributed by atoms with Crippen LogP contribution in [0.3, 0.4) is 0 Å². The van der Waals surface area contributed by atoms with Gasteiger partial charge in [-0.05, 0) is 23.8 Å². The molecule has 0 saturated carbocycles. The molecule has 0 atom stereocenters. The molecule has 1 fully saturated rings. The van der Waals surface area contributed by atoms with Gasteiger partial charge in [0.25, 0.3) is 5.91 Å². The SMILES string of the molecule is CN(C)N1C(=O)C(=Cc2ccc([N+](=O)[O-])c(O)c2)SC1=S. The maximum atomic E-state index is 12.2. The van der Waals surface area contributed by atoms with Crippen LogP contribution in [0, 0.1) is 10.1 Å². The molecule has 1 aliphatic rings. The van der Waals surface area contributed by atoms with E-state index in [0.29, 0.717) is 14.8 Å². The number of carbonyl (C=O) groups is 1. The van der Waals surface area contributed by atoms with Gasteiger partial charge >= 0.3 is 5.69 Å². The minimum atomic E-state index is -0.676. The fourth-order valence-electron chi connectivity index (χ4n) is 1.74. The smallest absolute Gasteiger partial charge is 0.310 e. The molecule has 1 N–H and O–H groups in total. The first-order chi connectivity index (χ1) is 9.81. The third-order valence-corrected chi connectivity index (χ3v) is 3.95. The monoisotopic (exact) mass is 325 g/mol. The molecule has 0 aliphatic carbocycles. The van der Waals surface area contributed by atoms with E-state index in [1.54, 1.807) is 19.1 Å². The van der Waals surface area contributed by atoms with Gasteiger partial charge < -0.3 is 5.11 Å². The molecule has 1 aliphatic heterocycles. The molecule has 0 spiro atoms. The molecule has 110 valence electrons. The standard InChI is InChI=1S/C12H11N3O4S2/c1-13(2)14-11(17)10(21-12(14)20)6-7-3-4-8(15(18)19)9(16)5-7/h3-6,16H,1-2H3. The minimum Gasteiger partial charge on any atom is -0.502 e. The Bertz CT molecular complexity index is 672. The number of amides is 1. The number of phenolic OH excluding ortho intramolecular Hbond substituents is 1. The Morgan fingerprint density at radius 2 is 2.14 bits per heavy atom. The zero-order valence-corrected chi connectivity index (χ0v) is 12.8. The molecular weight excluding hydrogens is 314 g/mol. The summed E-state index contributed by atoms with van der Waals surface area (Å²) in [7, 11) is 3.40. The lowest BCUT2D eigenvalue weighted by Crippen LogP contribution is -2.39. The maximum Gasteiger partial charge on any atom is 0.310 e. The lowest BCUT2D eigenvalue weighted by molar-refractivity contribution is -0.385. The summed E-state index contributed by atoms with van der Waals surface area (Å²) in [6, 6.07) is 3.88. The molecule has 1 amide bonds. The second-order valence-electron chi connectivity index (χ2n) is 4.35. The van der Waals surface area contributed by atoms with Crippen molar-refractivity contribution in [1.29, 1.82) is 0 Å². The zero-order chi connectivity index (χ0) is 15.7. The van der Waals surface area contributed by atoms with E-state index in [4.69, 9.17) is 12.2 Å². The summed E-state index contributed by atoms with van der Waals surface area (Å²) in [5, 5.41) is 23.1. The lowest BCUT2D eigenvalue weighted by atomic mass is 10.1. The fraction of sp³-hybridized carbons (Fsp3) is 0.167. The number of carbonyl (C=O) groups excluding carboxylic acids is 1. The van der Waals surface area contributed by atoms with Crippen LogP contribution in [-0.2, 0) is 4.79 Å². The van der Waals surface area contributed by atoms with Crippen LogP contribution in [0.5, 0.6) is 5.75 Å². The number of benzene rings is 1. The van der Waals surface area contributed by atoms with Crippen molar-refractivity contribution in [2.45, 2.75) is 0 Å². The van der Waals surface area contributed by atoms with Crippen molar-refractivity contribution >= 4 is 46.0 Å². The molecule has 0 aromatic heterocycles. The normalized spacial score (nSPS) is 17.1. The Hall–Kier alpha value is -1.97. The van der Waals surface area contributed by atoms with Gasteiger partial charge in [-0.2, -0.15) is 0 Å². The quantitative estimate of drug-likeness (QED) is 0.393. The van der Waals surface area contributed by atoms with Crippen molar-refractivity contribution in [3.05, 3.63) is 38.8 Å². The van der Waals surface area contributed by atoms with Crippen molar-refractivity contribution in [1.82, 2.24) is 10.0 Å². The van der Waals surface area contributed by atoms with E-state index in [2.05, 4.69) is 0 Å². The largest absolute Gasteiger partial charge is 0.502 e. The zero-order valence-electron chi connectivity index (χ0n) is 11.1. The van der Waals surface area contributed by atoms with Gasteiger partial charge in [0.1, 0.15) is 0 Å². The van der Waals surface area contributed by atoms with Gasteiger partial charge in [-0.1, -0.05) is 24.0 Å². The number of hydrazine groups is 1. The van der Waals surface area contributed by atoms with E-state index in [9.17, 15) is 20.0 Å². The summed E-state index contributed by atoms with van der Waals surface area (Å²) in [5.41, 5.74) is 0.102. The first-order valence-electron chi connectivity index (χ1n) is 5.74. The summed E-state index contributed by atoms with van der Waals surface area (Å²) in [4.78, 5) is 22.5. The number of hydrogen-bond acceptors (Lipinski definition) is 7. The Morgan fingerprint density at radius 1 is 1.48 bits per heavy atom. The predicted molar refractivity (Wildman–Crippen MR) is 83.5 cm³/mol. The Morgan fingerprint density at radius 3 is 2.62 bits per heavy atom. The molecule has 1 heterocycles. The predicted octanol–water partition coefficient (Wildman–Crippen LogP) is 1.98. The van der Waals surface area contributed by atoms with Crippen LogP contribution in [-0.4, -0.2) is 44.4 Å². The highest BCUT2D eigenvalue weighted by Crippen LogP contribution is 2.34. The Balaban J connectivity index is 2.33. The summed E-state index contributed by atoms with van der Waals surface area (Å²) in [6.07, 6.45) is 1.53. The molecule has 1 saturated heterocycles. The molecule has 2 rings (SSSR count). The second-order valence-corrected chi connectivity index (χ2v) is 6.02. The summed E-state index contributed by atoms with van der Waals surface area (Å²) >= 11 is 6.25. The van der Waals surface area contributed by atoms with Gasteiger partial charge in [0, 0.05) is 20.2 Å². The van der Waals surface area contributed by atoms with Crippen molar-refractivity contribution < 1.29 is 14.8 Å². The summed E-state index contributed by atoms with van der Waals surface area (Å²) in [5.74, 6) is -0.718. The van der Waals surface area contributed by atoms with Crippen LogP contribution in [0.25, 0.3) is 6.08 Å². The number of phenols is 1. The van der Waals surface area contributed by atoms with Crippen LogP contribution < -0.4 is 0 Å². The molecule has 0 bridgehead atoms. The number of thiocarbonyl (C=S) groups is 1. The minimum absolute atomic E-state index is 0.271. The van der Waals surface area contributed by atoms with Crippen molar-refractivity contribution in [2.24, 2.45) is 0 Å². The number of nitro benzene ring substituents is 1.